The van der Waals surface area contributed by atoms with Crippen LogP contribution in [0.5, 0.6) is 0 Å². The molecule has 1 atom stereocenters. The Morgan fingerprint density at radius 3 is 2.09 bits per heavy atom. The fraction of sp³-hybridized carbons (Fsp3) is 0.667. The number of carbonyl (C=O) groups excluding carboxylic acids is 2. The van der Waals surface area contributed by atoms with Crippen molar-refractivity contribution in [3.63, 3.8) is 0 Å². The second kappa shape index (κ2) is 4.54. The maximum absolute atomic E-state index is 10.6. The smallest absolute Gasteiger partial charge is 0.466 e. The number of hydrogen-bond acceptors (Lipinski definition) is 5. The molecule has 11 heavy (non-hydrogen) atoms. The minimum Gasteiger partial charge on any atom is -0.466 e. The summed E-state index contributed by atoms with van der Waals surface area (Å²) in [5.41, 5.74) is 0. The Morgan fingerprint density at radius 1 is 1.18 bits per heavy atom. The highest BCUT2D eigenvalue weighted by molar-refractivity contribution is 5.76. The predicted molar refractivity (Wildman–Crippen MR) is 35.0 cm³/mol. The van der Waals surface area contributed by atoms with E-state index in [0.29, 0.717) is 0 Å². The van der Waals surface area contributed by atoms with Crippen molar-refractivity contribution < 1.29 is 23.8 Å². The topological polar surface area (TPSA) is 61.8 Å². The summed E-state index contributed by atoms with van der Waals surface area (Å²) in [4.78, 5) is 21.0. The Hall–Kier alpha value is -1.26. The van der Waals surface area contributed by atoms with Crippen LogP contribution in [0.1, 0.15) is 6.92 Å². The molecule has 0 saturated heterocycles. The van der Waals surface area contributed by atoms with Gasteiger partial charge in [-0.2, -0.15) is 0 Å². The third kappa shape index (κ3) is 3.44. The molecule has 0 heterocycles. The van der Waals surface area contributed by atoms with Crippen LogP contribution in [0.4, 0.5) is 4.79 Å². The summed E-state index contributed by atoms with van der Waals surface area (Å²) < 4.78 is 12.8. The Kier molecular flexibility index (Phi) is 4.02. The van der Waals surface area contributed by atoms with Crippen molar-refractivity contribution in [3.05, 3.63) is 0 Å². The van der Waals surface area contributed by atoms with Gasteiger partial charge in [-0.25, -0.2) is 9.59 Å². The van der Waals surface area contributed by atoms with E-state index in [1.807, 2.05) is 0 Å². The molecule has 0 amide bonds. The van der Waals surface area contributed by atoms with Gasteiger partial charge in [-0.3, -0.25) is 0 Å². The molecular weight excluding hydrogens is 152 g/mol. The monoisotopic (exact) mass is 162 g/mol. The molecule has 0 aromatic carbocycles. The molecule has 5 nitrogen and oxygen atoms in total. The summed E-state index contributed by atoms with van der Waals surface area (Å²) in [5, 5.41) is 0. The SMILES string of the molecule is COC(=O)OC(C)C(=O)OC. The molecule has 0 N–H and O–H groups in total. The first-order valence-corrected chi connectivity index (χ1v) is 2.94. The Morgan fingerprint density at radius 2 is 1.73 bits per heavy atom. The zero-order valence-corrected chi connectivity index (χ0v) is 6.62. The fourth-order valence-corrected chi connectivity index (χ4v) is 0.407. The summed E-state index contributed by atoms with van der Waals surface area (Å²) in [6, 6.07) is 0. The molecule has 0 fully saturated rings. The second-order valence-electron chi connectivity index (χ2n) is 1.74. The van der Waals surface area contributed by atoms with Gasteiger partial charge in [-0.05, 0) is 6.92 Å². The summed E-state index contributed by atoms with van der Waals surface area (Å²) in [6.45, 7) is 1.39. The standard InChI is InChI=1S/C6H10O5/c1-4(5(7)9-2)11-6(8)10-3/h4H,1-3H3. The second-order valence-corrected chi connectivity index (χ2v) is 1.74. The van der Waals surface area contributed by atoms with E-state index in [4.69, 9.17) is 0 Å². The normalized spacial score (nSPS) is 11.5. The molecule has 1 unspecified atom stereocenters. The maximum Gasteiger partial charge on any atom is 0.508 e. The van der Waals surface area contributed by atoms with Crippen LogP contribution in [0, 0.1) is 0 Å². The van der Waals surface area contributed by atoms with Crippen molar-refractivity contribution in [2.24, 2.45) is 0 Å². The molecule has 0 aromatic heterocycles. The molecule has 0 rings (SSSR count). The minimum atomic E-state index is -0.924. The zero-order valence-electron chi connectivity index (χ0n) is 6.62. The van der Waals surface area contributed by atoms with E-state index in [1.165, 1.54) is 14.0 Å². The van der Waals surface area contributed by atoms with Crippen LogP contribution in [0.3, 0.4) is 0 Å². The van der Waals surface area contributed by atoms with Crippen molar-refractivity contribution in [1.82, 2.24) is 0 Å². The van der Waals surface area contributed by atoms with Gasteiger partial charge in [0.25, 0.3) is 0 Å². The first-order chi connectivity index (χ1) is 5.11. The quantitative estimate of drug-likeness (QED) is 0.547. The molecule has 0 aromatic rings. The van der Waals surface area contributed by atoms with E-state index in [2.05, 4.69) is 14.2 Å². The lowest BCUT2D eigenvalue weighted by molar-refractivity contribution is -0.150. The molecule has 0 aliphatic carbocycles. The van der Waals surface area contributed by atoms with Gasteiger partial charge in [0.05, 0.1) is 14.2 Å². The summed E-state index contributed by atoms with van der Waals surface area (Å²) in [5.74, 6) is -0.615. The molecule has 0 radical (unpaired) electrons. The molecule has 0 aliphatic rings. The highest BCUT2D eigenvalue weighted by Crippen LogP contribution is 1.95. The number of methoxy groups -OCH3 is 2. The molecule has 5 heteroatoms. The summed E-state index contributed by atoms with van der Waals surface area (Å²) in [6.07, 6.45) is -1.82. The third-order valence-electron chi connectivity index (χ3n) is 0.973. The zero-order chi connectivity index (χ0) is 8.85. The lowest BCUT2D eigenvalue weighted by atomic mass is 10.4. The lowest BCUT2D eigenvalue weighted by Gasteiger charge is -2.08. The van der Waals surface area contributed by atoms with Crippen molar-refractivity contribution in [2.45, 2.75) is 13.0 Å². The van der Waals surface area contributed by atoms with Crippen LogP contribution < -0.4 is 0 Å². The molecule has 0 aliphatic heterocycles. The average Bonchev–Trinajstić information content (AvgIpc) is 2.02. The van der Waals surface area contributed by atoms with Crippen LogP contribution in [0.25, 0.3) is 0 Å². The van der Waals surface area contributed by atoms with E-state index >= 15 is 0 Å². The van der Waals surface area contributed by atoms with Gasteiger partial charge in [-0.1, -0.05) is 0 Å². The van der Waals surface area contributed by atoms with Crippen LogP contribution in [-0.2, 0) is 19.0 Å². The molecule has 0 saturated carbocycles. The molecule has 64 valence electrons. The highest BCUT2D eigenvalue weighted by atomic mass is 16.7. The maximum atomic E-state index is 10.6. The van der Waals surface area contributed by atoms with Crippen LogP contribution in [0.2, 0.25) is 0 Å². The number of esters is 1. The van der Waals surface area contributed by atoms with Gasteiger partial charge in [-0.15, -0.1) is 0 Å². The van der Waals surface area contributed by atoms with Crippen LogP contribution in [0.15, 0.2) is 0 Å². The van der Waals surface area contributed by atoms with E-state index < -0.39 is 18.2 Å². The third-order valence-corrected chi connectivity index (χ3v) is 0.973. The van der Waals surface area contributed by atoms with Crippen molar-refractivity contribution >= 4 is 12.1 Å². The first kappa shape index (κ1) is 9.74. The Labute approximate surface area is 64.2 Å². The number of carbonyl (C=O) groups is 2. The fourth-order valence-electron chi connectivity index (χ4n) is 0.407. The Balaban J connectivity index is 3.77. The predicted octanol–water partition coefficient (Wildman–Crippen LogP) is 0.331. The molecule has 0 spiro atoms. The van der Waals surface area contributed by atoms with Crippen molar-refractivity contribution in [1.29, 1.82) is 0 Å². The van der Waals surface area contributed by atoms with Crippen LogP contribution in [-0.4, -0.2) is 32.4 Å². The summed E-state index contributed by atoms with van der Waals surface area (Å²) in [7, 11) is 2.37. The van der Waals surface area contributed by atoms with Gasteiger partial charge in [0.15, 0.2) is 6.10 Å². The number of rotatable bonds is 2. The highest BCUT2D eigenvalue weighted by Gasteiger charge is 2.17. The van der Waals surface area contributed by atoms with Gasteiger partial charge in [0.1, 0.15) is 0 Å². The number of hydrogen-bond donors (Lipinski definition) is 0. The molecule has 0 bridgehead atoms. The van der Waals surface area contributed by atoms with E-state index in [0.717, 1.165) is 7.11 Å². The van der Waals surface area contributed by atoms with Crippen LogP contribution >= 0.6 is 0 Å². The van der Waals surface area contributed by atoms with Gasteiger partial charge < -0.3 is 14.2 Å². The number of ether oxygens (including phenoxy) is 3. The molecular formula is C6H10O5. The van der Waals surface area contributed by atoms with E-state index in [9.17, 15) is 9.59 Å². The van der Waals surface area contributed by atoms with Crippen molar-refractivity contribution in [2.75, 3.05) is 14.2 Å². The minimum absolute atomic E-state index is 0.615. The van der Waals surface area contributed by atoms with Crippen molar-refractivity contribution in [3.8, 4) is 0 Å². The van der Waals surface area contributed by atoms with E-state index in [-0.39, 0.29) is 0 Å². The van der Waals surface area contributed by atoms with E-state index in [1.54, 1.807) is 0 Å². The van der Waals surface area contributed by atoms with Gasteiger partial charge in [0, 0.05) is 0 Å². The lowest BCUT2D eigenvalue weighted by Crippen LogP contribution is -2.25. The largest absolute Gasteiger partial charge is 0.508 e. The Bertz CT molecular complexity index is 153. The average molecular weight is 162 g/mol. The summed E-state index contributed by atoms with van der Waals surface area (Å²) >= 11 is 0. The van der Waals surface area contributed by atoms with Gasteiger partial charge >= 0.3 is 12.1 Å². The van der Waals surface area contributed by atoms with Gasteiger partial charge in [0.2, 0.25) is 0 Å². The first-order valence-electron chi connectivity index (χ1n) is 2.94.